The zero-order valence-electron chi connectivity index (χ0n) is 15.9. The molecule has 28 heavy (non-hydrogen) atoms. The summed E-state index contributed by atoms with van der Waals surface area (Å²) in [5.41, 5.74) is 0. The van der Waals surface area contributed by atoms with Gasteiger partial charge in [-0.3, -0.25) is 0 Å². The predicted octanol–water partition coefficient (Wildman–Crippen LogP) is 4.82. The summed E-state index contributed by atoms with van der Waals surface area (Å²) in [6.07, 6.45) is 2.56. The fourth-order valence-corrected chi connectivity index (χ4v) is 10.4. The van der Waals surface area contributed by atoms with Gasteiger partial charge in [-0.25, -0.2) is 0 Å². The number of ether oxygens (including phenoxy) is 2. The zero-order valence-corrected chi connectivity index (χ0v) is 17.6. The van der Waals surface area contributed by atoms with Gasteiger partial charge in [-0.05, 0) is 0 Å². The molecule has 0 saturated carbocycles. The molecule has 0 aliphatic carbocycles. The minimum atomic E-state index is -3.15. The Kier molecular flexibility index (Phi) is 5.85. The Morgan fingerprint density at radius 2 is 1.07 bits per heavy atom. The number of hydrogen-bond acceptors (Lipinski definition) is 2. The molecule has 0 bridgehead atoms. The van der Waals surface area contributed by atoms with Crippen molar-refractivity contribution in [3.63, 3.8) is 0 Å². The quantitative estimate of drug-likeness (QED) is 0.518. The van der Waals surface area contributed by atoms with Crippen molar-refractivity contribution < 1.29 is 9.47 Å². The predicted molar refractivity (Wildman–Crippen MR) is 121 cm³/mol. The molecule has 1 aliphatic heterocycles. The van der Waals surface area contributed by atoms with E-state index in [1.54, 1.807) is 0 Å². The van der Waals surface area contributed by atoms with Crippen molar-refractivity contribution in [1.29, 1.82) is 0 Å². The molecule has 0 aromatic heterocycles. The summed E-state index contributed by atoms with van der Waals surface area (Å²) in [5, 5.41) is 3.63. The van der Waals surface area contributed by atoms with E-state index in [-0.39, 0.29) is 6.29 Å². The third-order valence-electron chi connectivity index (χ3n) is 5.59. The van der Waals surface area contributed by atoms with Crippen molar-refractivity contribution in [1.82, 2.24) is 0 Å². The fraction of sp³-hybridized carbons (Fsp3) is 0.250. The van der Waals surface area contributed by atoms with Crippen LogP contribution in [0.5, 0.6) is 0 Å². The molecule has 0 unspecified atom stereocenters. The van der Waals surface area contributed by atoms with Crippen LogP contribution in [0.2, 0.25) is 0 Å². The first-order valence-corrected chi connectivity index (χ1v) is 13.2. The summed E-state index contributed by atoms with van der Waals surface area (Å²) >= 11 is 8.01. The molecule has 4 heteroatoms. The summed E-state index contributed by atoms with van der Waals surface area (Å²) in [6.45, 7) is 1.37. The molecule has 0 atom stereocenters. The Morgan fingerprint density at radius 3 is 1.46 bits per heavy atom. The van der Waals surface area contributed by atoms with Crippen LogP contribution >= 0.6 is 17.2 Å². The van der Waals surface area contributed by atoms with E-state index in [2.05, 4.69) is 91.0 Å². The monoisotopic (exact) mass is 412 g/mol. The molecule has 3 aromatic rings. The van der Waals surface area contributed by atoms with Gasteiger partial charge in [-0.15, -0.1) is 0 Å². The Morgan fingerprint density at radius 1 is 0.679 bits per heavy atom. The van der Waals surface area contributed by atoms with Gasteiger partial charge in [0.15, 0.2) is 0 Å². The van der Waals surface area contributed by atoms with Crippen molar-refractivity contribution >= 4 is 33.1 Å². The summed E-state index contributed by atoms with van der Waals surface area (Å²) in [4.78, 5) is 0. The molecule has 3 aromatic carbocycles. The standard InChI is InChI=1S/C24H26ClO2P/c25-28(21-11-4-1-5-12-21,22-13-6-2-7-14-22,23-15-8-3-9-16-23)20-10-17-24-26-18-19-27-24/h1-9,11-16,24H,10,17-20H2. The van der Waals surface area contributed by atoms with Crippen LogP contribution in [-0.2, 0) is 9.47 Å². The van der Waals surface area contributed by atoms with Crippen molar-refractivity contribution in [2.45, 2.75) is 19.1 Å². The van der Waals surface area contributed by atoms with Crippen LogP contribution < -0.4 is 15.9 Å². The van der Waals surface area contributed by atoms with Crippen molar-refractivity contribution in [3.8, 4) is 0 Å². The molecule has 0 spiro atoms. The van der Waals surface area contributed by atoms with Gasteiger partial charge in [0.25, 0.3) is 0 Å². The van der Waals surface area contributed by atoms with Crippen LogP contribution in [0.1, 0.15) is 12.8 Å². The van der Waals surface area contributed by atoms with Crippen LogP contribution in [0.4, 0.5) is 0 Å². The van der Waals surface area contributed by atoms with E-state index >= 15 is 0 Å². The topological polar surface area (TPSA) is 18.5 Å². The second-order valence-corrected chi connectivity index (χ2v) is 13.8. The van der Waals surface area contributed by atoms with E-state index in [4.69, 9.17) is 20.7 Å². The first-order valence-electron chi connectivity index (χ1n) is 9.85. The fourth-order valence-electron chi connectivity index (χ4n) is 4.18. The number of benzene rings is 3. The first-order chi connectivity index (χ1) is 13.7. The summed E-state index contributed by atoms with van der Waals surface area (Å²) in [5.74, 6) is -3.15. The Hall–Kier alpha value is -1.70. The molecule has 0 N–H and O–H groups in total. The summed E-state index contributed by atoms with van der Waals surface area (Å²) in [7, 11) is 0. The maximum absolute atomic E-state index is 8.01. The molecule has 146 valence electrons. The molecule has 0 radical (unpaired) electrons. The van der Waals surface area contributed by atoms with Crippen LogP contribution in [0.25, 0.3) is 0 Å². The van der Waals surface area contributed by atoms with Crippen LogP contribution in [-0.4, -0.2) is 25.7 Å². The van der Waals surface area contributed by atoms with E-state index in [0.717, 1.165) is 19.0 Å². The maximum atomic E-state index is 8.01. The Labute approximate surface area is 172 Å². The summed E-state index contributed by atoms with van der Waals surface area (Å²) < 4.78 is 11.3. The SMILES string of the molecule is ClP(CCCC1OCCO1)(c1ccccc1)(c1ccccc1)c1ccccc1. The third-order valence-corrected chi connectivity index (χ3v) is 13.1. The average molecular weight is 413 g/mol. The second kappa shape index (κ2) is 8.35. The van der Waals surface area contributed by atoms with Crippen molar-refractivity contribution in [2.24, 2.45) is 0 Å². The molecule has 1 aliphatic rings. The van der Waals surface area contributed by atoms with Crippen molar-refractivity contribution in [2.75, 3.05) is 19.4 Å². The van der Waals surface area contributed by atoms with Gasteiger partial charge in [0.1, 0.15) is 0 Å². The second-order valence-electron chi connectivity index (χ2n) is 7.23. The molecule has 2 nitrogen and oxygen atoms in total. The van der Waals surface area contributed by atoms with Gasteiger partial charge >= 0.3 is 172 Å². The average Bonchev–Trinajstić information content (AvgIpc) is 3.29. The third kappa shape index (κ3) is 3.51. The van der Waals surface area contributed by atoms with Gasteiger partial charge in [0.05, 0.1) is 0 Å². The first kappa shape index (κ1) is 19.6. The molecule has 1 fully saturated rings. The number of hydrogen-bond donors (Lipinski definition) is 0. The zero-order chi connectivity index (χ0) is 19.3. The van der Waals surface area contributed by atoms with E-state index in [1.165, 1.54) is 15.9 Å². The Balaban J connectivity index is 1.84. The molecule has 1 saturated heterocycles. The van der Waals surface area contributed by atoms with Crippen LogP contribution in [0.15, 0.2) is 91.0 Å². The van der Waals surface area contributed by atoms with E-state index in [1.807, 2.05) is 0 Å². The molecule has 1 heterocycles. The van der Waals surface area contributed by atoms with E-state index in [0.29, 0.717) is 13.2 Å². The molecular formula is C24H26ClO2P. The van der Waals surface area contributed by atoms with Gasteiger partial charge in [-0.1, -0.05) is 0 Å². The number of rotatable bonds is 7. The van der Waals surface area contributed by atoms with Crippen LogP contribution in [0, 0.1) is 0 Å². The summed E-state index contributed by atoms with van der Waals surface area (Å²) in [6, 6.07) is 31.8. The van der Waals surface area contributed by atoms with Crippen LogP contribution in [0.3, 0.4) is 0 Å². The Bertz CT molecular complexity index is 781. The molecular weight excluding hydrogens is 387 g/mol. The van der Waals surface area contributed by atoms with E-state index < -0.39 is 5.96 Å². The molecule has 4 rings (SSSR count). The van der Waals surface area contributed by atoms with Gasteiger partial charge in [-0.2, -0.15) is 0 Å². The van der Waals surface area contributed by atoms with Gasteiger partial charge in [0.2, 0.25) is 0 Å². The molecule has 0 amide bonds. The van der Waals surface area contributed by atoms with E-state index in [9.17, 15) is 0 Å². The van der Waals surface area contributed by atoms with Gasteiger partial charge in [0, 0.05) is 0 Å². The minimum absolute atomic E-state index is 0.104. The normalized spacial score (nSPS) is 16.5. The number of halogens is 1. The van der Waals surface area contributed by atoms with Crippen molar-refractivity contribution in [3.05, 3.63) is 91.0 Å². The van der Waals surface area contributed by atoms with Gasteiger partial charge < -0.3 is 0 Å².